The summed E-state index contributed by atoms with van der Waals surface area (Å²) < 4.78 is 0. The molecule has 4 N–H and O–H groups in total. The third kappa shape index (κ3) is 2.94. The third-order valence-corrected chi connectivity index (χ3v) is 2.60. The van der Waals surface area contributed by atoms with Crippen LogP contribution in [0.2, 0.25) is 0 Å². The summed E-state index contributed by atoms with van der Waals surface area (Å²) >= 11 is 0. The molecule has 1 aromatic carbocycles. The molecule has 0 aliphatic rings. The van der Waals surface area contributed by atoms with Crippen molar-refractivity contribution in [3.8, 4) is 0 Å². The van der Waals surface area contributed by atoms with E-state index in [2.05, 4.69) is 0 Å². The number of primary amides is 1. The van der Waals surface area contributed by atoms with E-state index >= 15 is 0 Å². The molecule has 0 radical (unpaired) electrons. The number of carbonyl (C=O) groups excluding carboxylic acids is 1. The maximum atomic E-state index is 11.0. The smallest absolute Gasteiger partial charge is 0.235 e. The van der Waals surface area contributed by atoms with Crippen LogP contribution in [0.5, 0.6) is 0 Å². The van der Waals surface area contributed by atoms with Gasteiger partial charge in [0.05, 0.1) is 6.04 Å². The second-order valence-electron chi connectivity index (χ2n) is 3.97. The van der Waals surface area contributed by atoms with Gasteiger partial charge in [-0.3, -0.25) is 4.79 Å². The molecule has 1 amide bonds. The summed E-state index contributed by atoms with van der Waals surface area (Å²) in [5.41, 5.74) is 11.5. The lowest BCUT2D eigenvalue weighted by Crippen LogP contribution is -2.50. The Labute approximate surface area is 96.3 Å². The highest BCUT2D eigenvalue weighted by atomic mass is 35.5. The summed E-state index contributed by atoms with van der Waals surface area (Å²) in [7, 11) is 0. The summed E-state index contributed by atoms with van der Waals surface area (Å²) in [4.78, 5) is 11.0. The molecule has 0 bridgehead atoms. The molecule has 0 aliphatic carbocycles. The van der Waals surface area contributed by atoms with Crippen molar-refractivity contribution in [2.75, 3.05) is 0 Å². The van der Waals surface area contributed by atoms with Crippen LogP contribution in [0.3, 0.4) is 0 Å². The molecule has 15 heavy (non-hydrogen) atoms. The molecule has 1 rings (SSSR count). The van der Waals surface area contributed by atoms with Gasteiger partial charge in [0.25, 0.3) is 0 Å². The maximum absolute atomic E-state index is 11.0. The van der Waals surface area contributed by atoms with Crippen LogP contribution >= 0.6 is 12.4 Å². The topological polar surface area (TPSA) is 69.1 Å². The van der Waals surface area contributed by atoms with Gasteiger partial charge in [0.2, 0.25) is 5.91 Å². The van der Waals surface area contributed by atoms with Crippen molar-refractivity contribution in [1.82, 2.24) is 0 Å². The predicted molar refractivity (Wildman–Crippen MR) is 63.9 cm³/mol. The Morgan fingerprint density at radius 2 is 1.73 bits per heavy atom. The molecular weight excluding hydrogens is 212 g/mol. The van der Waals surface area contributed by atoms with Gasteiger partial charge in [-0.15, -0.1) is 12.4 Å². The van der Waals surface area contributed by atoms with Crippen LogP contribution in [-0.4, -0.2) is 11.9 Å². The molecule has 0 aromatic heterocycles. The van der Waals surface area contributed by atoms with Gasteiger partial charge in [0, 0.05) is 5.41 Å². The number of halogens is 1. The first kappa shape index (κ1) is 13.9. The molecule has 0 spiro atoms. The van der Waals surface area contributed by atoms with Crippen LogP contribution in [0.4, 0.5) is 0 Å². The van der Waals surface area contributed by atoms with Crippen LogP contribution in [0.25, 0.3) is 0 Å². The minimum atomic E-state index is -0.662. The molecule has 0 saturated carbocycles. The lowest BCUT2D eigenvalue weighted by atomic mass is 9.78. The van der Waals surface area contributed by atoms with Gasteiger partial charge in [0.1, 0.15) is 0 Å². The minimum absolute atomic E-state index is 0. The van der Waals surface area contributed by atoms with E-state index in [1.165, 1.54) is 0 Å². The van der Waals surface area contributed by atoms with Crippen LogP contribution < -0.4 is 11.5 Å². The highest BCUT2D eigenvalue weighted by molar-refractivity contribution is 5.85. The van der Waals surface area contributed by atoms with E-state index in [-0.39, 0.29) is 12.4 Å². The Morgan fingerprint density at radius 1 is 1.27 bits per heavy atom. The predicted octanol–water partition coefficient (Wildman–Crippen LogP) is 1.20. The largest absolute Gasteiger partial charge is 0.368 e. The number of hydrogen-bond donors (Lipinski definition) is 2. The number of rotatable bonds is 3. The zero-order valence-corrected chi connectivity index (χ0v) is 9.75. The van der Waals surface area contributed by atoms with Crippen molar-refractivity contribution in [1.29, 1.82) is 0 Å². The van der Waals surface area contributed by atoms with E-state index in [0.717, 1.165) is 5.56 Å². The fraction of sp³-hybridized carbons (Fsp3) is 0.364. The van der Waals surface area contributed by atoms with Crippen LogP contribution in [0.1, 0.15) is 19.4 Å². The van der Waals surface area contributed by atoms with Crippen LogP contribution in [0.15, 0.2) is 30.3 Å². The number of benzene rings is 1. The lowest BCUT2D eigenvalue weighted by Gasteiger charge is -2.29. The molecule has 4 heteroatoms. The molecule has 0 saturated heterocycles. The second kappa shape index (κ2) is 5.14. The zero-order chi connectivity index (χ0) is 10.8. The van der Waals surface area contributed by atoms with Gasteiger partial charge in [-0.2, -0.15) is 0 Å². The average molecular weight is 229 g/mol. The van der Waals surface area contributed by atoms with E-state index < -0.39 is 17.4 Å². The summed E-state index contributed by atoms with van der Waals surface area (Å²) in [5.74, 6) is -0.473. The normalized spacial score (nSPS) is 12.7. The number of carbonyl (C=O) groups is 1. The van der Waals surface area contributed by atoms with E-state index in [1.54, 1.807) is 0 Å². The van der Waals surface area contributed by atoms with Crippen molar-refractivity contribution in [2.45, 2.75) is 25.3 Å². The Morgan fingerprint density at radius 3 is 2.13 bits per heavy atom. The van der Waals surface area contributed by atoms with E-state index in [9.17, 15) is 4.79 Å². The minimum Gasteiger partial charge on any atom is -0.368 e. The SMILES string of the molecule is CC(C)(c1ccccc1)[C@H](N)C(N)=O.Cl. The average Bonchev–Trinajstić information content (AvgIpc) is 2.18. The van der Waals surface area contributed by atoms with Crippen molar-refractivity contribution in [2.24, 2.45) is 11.5 Å². The van der Waals surface area contributed by atoms with Crippen molar-refractivity contribution in [3.05, 3.63) is 35.9 Å². The van der Waals surface area contributed by atoms with Crippen LogP contribution in [-0.2, 0) is 10.2 Å². The van der Waals surface area contributed by atoms with E-state index in [0.29, 0.717) is 0 Å². The quantitative estimate of drug-likeness (QED) is 0.816. The number of amides is 1. The molecule has 84 valence electrons. The molecule has 0 heterocycles. The van der Waals surface area contributed by atoms with Crippen molar-refractivity contribution in [3.63, 3.8) is 0 Å². The molecular formula is C11H17ClN2O. The Kier molecular flexibility index (Phi) is 4.78. The van der Waals surface area contributed by atoms with Gasteiger partial charge in [0.15, 0.2) is 0 Å². The highest BCUT2D eigenvalue weighted by Crippen LogP contribution is 2.25. The van der Waals surface area contributed by atoms with Gasteiger partial charge in [-0.1, -0.05) is 44.2 Å². The first-order valence-electron chi connectivity index (χ1n) is 4.56. The number of nitrogens with two attached hydrogens (primary N) is 2. The zero-order valence-electron chi connectivity index (χ0n) is 8.94. The van der Waals surface area contributed by atoms with Crippen LogP contribution in [0, 0.1) is 0 Å². The summed E-state index contributed by atoms with van der Waals surface area (Å²) in [6.07, 6.45) is 0. The number of hydrogen-bond acceptors (Lipinski definition) is 2. The molecule has 0 unspecified atom stereocenters. The third-order valence-electron chi connectivity index (χ3n) is 2.60. The van der Waals surface area contributed by atoms with Gasteiger partial charge < -0.3 is 11.5 Å². The fourth-order valence-electron chi connectivity index (χ4n) is 1.40. The Bertz CT molecular complexity index is 325. The first-order chi connectivity index (χ1) is 6.46. The second-order valence-corrected chi connectivity index (χ2v) is 3.97. The van der Waals surface area contributed by atoms with Crippen molar-refractivity contribution < 1.29 is 4.79 Å². The Balaban J connectivity index is 0.00000196. The Hall–Kier alpha value is -1.06. The maximum Gasteiger partial charge on any atom is 0.235 e. The molecule has 1 atom stereocenters. The molecule has 1 aromatic rings. The fourth-order valence-corrected chi connectivity index (χ4v) is 1.40. The molecule has 0 aliphatic heterocycles. The summed E-state index contributed by atoms with van der Waals surface area (Å²) in [5, 5.41) is 0. The summed E-state index contributed by atoms with van der Waals surface area (Å²) in [6.45, 7) is 3.83. The first-order valence-corrected chi connectivity index (χ1v) is 4.56. The van der Waals surface area contributed by atoms with Gasteiger partial charge in [-0.05, 0) is 5.56 Å². The molecule has 3 nitrogen and oxygen atoms in total. The van der Waals surface area contributed by atoms with E-state index in [1.807, 2.05) is 44.2 Å². The lowest BCUT2D eigenvalue weighted by molar-refractivity contribution is -0.120. The molecule has 0 fully saturated rings. The standard InChI is InChI=1S/C11H16N2O.ClH/c1-11(2,9(12)10(13)14)8-6-4-3-5-7-8;/h3-7,9H,12H2,1-2H3,(H2,13,14);1H/t9-;/m1./s1. The van der Waals surface area contributed by atoms with E-state index in [4.69, 9.17) is 11.5 Å². The van der Waals surface area contributed by atoms with Crippen molar-refractivity contribution >= 4 is 18.3 Å². The van der Waals surface area contributed by atoms with Gasteiger partial charge in [-0.25, -0.2) is 0 Å². The highest BCUT2D eigenvalue weighted by Gasteiger charge is 2.31. The van der Waals surface area contributed by atoms with Gasteiger partial charge >= 0.3 is 0 Å². The monoisotopic (exact) mass is 228 g/mol. The summed E-state index contributed by atoms with van der Waals surface area (Å²) in [6, 6.07) is 9.00.